The number of halogens is 2. The molecule has 1 aromatic carbocycles. The Labute approximate surface area is 82.1 Å². The molecule has 0 aromatic heterocycles. The van der Waals surface area contributed by atoms with Gasteiger partial charge >= 0.3 is 0 Å². The third-order valence-corrected chi connectivity index (χ3v) is 2.83. The molecule has 1 N–H and O–H groups in total. The van der Waals surface area contributed by atoms with E-state index in [0.29, 0.717) is 11.5 Å². The number of rotatable bonds is 1. The summed E-state index contributed by atoms with van der Waals surface area (Å²) >= 11 is 0. The van der Waals surface area contributed by atoms with Gasteiger partial charge in [0, 0.05) is 11.6 Å². The van der Waals surface area contributed by atoms with Crippen molar-refractivity contribution >= 4 is 0 Å². The van der Waals surface area contributed by atoms with Gasteiger partial charge in [-0.15, -0.1) is 0 Å². The van der Waals surface area contributed by atoms with Gasteiger partial charge in [0.05, 0.1) is 0 Å². The number of hydrogen-bond donors (Lipinski definition) is 1. The van der Waals surface area contributed by atoms with E-state index in [1.54, 1.807) is 0 Å². The molecule has 2 unspecified atom stereocenters. The van der Waals surface area contributed by atoms with Crippen molar-refractivity contribution in [3.8, 4) is 0 Å². The Morgan fingerprint density at radius 1 is 1.36 bits per heavy atom. The summed E-state index contributed by atoms with van der Waals surface area (Å²) in [5.74, 6) is -0.328. The first kappa shape index (κ1) is 9.59. The Kier molecular flexibility index (Phi) is 2.50. The second-order valence-corrected chi connectivity index (χ2v) is 3.86. The predicted molar refractivity (Wildman–Crippen MR) is 50.9 cm³/mol. The van der Waals surface area contributed by atoms with Crippen LogP contribution in [0.1, 0.15) is 24.9 Å². The molecule has 0 saturated carbocycles. The van der Waals surface area contributed by atoms with Gasteiger partial charge in [-0.05, 0) is 37.1 Å². The molecule has 1 aliphatic heterocycles. The van der Waals surface area contributed by atoms with Crippen LogP contribution in [-0.2, 0) is 0 Å². The molecular weight excluding hydrogens is 184 g/mol. The van der Waals surface area contributed by atoms with Gasteiger partial charge in [-0.25, -0.2) is 8.78 Å². The van der Waals surface area contributed by atoms with Crippen LogP contribution in [0.3, 0.4) is 0 Å². The van der Waals surface area contributed by atoms with Crippen molar-refractivity contribution in [2.75, 3.05) is 6.54 Å². The zero-order valence-corrected chi connectivity index (χ0v) is 8.06. The SMILES string of the molecule is CC1CCNC1c1cc(F)ccc1F. The standard InChI is InChI=1S/C11H13F2N/c1-7-4-5-14-11(7)9-6-8(12)2-3-10(9)13/h2-3,6-7,11,14H,4-5H2,1H3. The molecule has 76 valence electrons. The Hall–Kier alpha value is -0.960. The van der Waals surface area contributed by atoms with Crippen LogP contribution >= 0.6 is 0 Å². The van der Waals surface area contributed by atoms with Crippen molar-refractivity contribution < 1.29 is 8.78 Å². The highest BCUT2D eigenvalue weighted by Gasteiger charge is 2.26. The van der Waals surface area contributed by atoms with E-state index in [1.165, 1.54) is 12.1 Å². The lowest BCUT2D eigenvalue weighted by atomic mass is 9.95. The first-order valence-corrected chi connectivity index (χ1v) is 4.87. The molecule has 14 heavy (non-hydrogen) atoms. The molecule has 1 heterocycles. The van der Waals surface area contributed by atoms with Crippen LogP contribution in [0.15, 0.2) is 18.2 Å². The molecule has 1 fully saturated rings. The maximum Gasteiger partial charge on any atom is 0.128 e. The summed E-state index contributed by atoms with van der Waals surface area (Å²) in [7, 11) is 0. The molecule has 0 spiro atoms. The fourth-order valence-electron chi connectivity index (χ4n) is 2.00. The predicted octanol–water partition coefficient (Wildman–Crippen LogP) is 2.64. The van der Waals surface area contributed by atoms with Crippen molar-refractivity contribution in [2.24, 2.45) is 5.92 Å². The summed E-state index contributed by atoms with van der Waals surface area (Å²) in [6.07, 6.45) is 1.01. The largest absolute Gasteiger partial charge is 0.310 e. The van der Waals surface area contributed by atoms with Crippen LogP contribution in [0.25, 0.3) is 0 Å². The summed E-state index contributed by atoms with van der Waals surface area (Å²) in [5, 5.41) is 3.18. The molecule has 3 heteroatoms. The van der Waals surface area contributed by atoms with Gasteiger partial charge < -0.3 is 5.32 Å². The summed E-state index contributed by atoms with van der Waals surface area (Å²) in [6, 6.07) is 3.59. The number of nitrogens with one attached hydrogen (secondary N) is 1. The Balaban J connectivity index is 2.34. The summed E-state index contributed by atoms with van der Waals surface area (Å²) in [6.45, 7) is 2.93. The zero-order chi connectivity index (χ0) is 10.1. The van der Waals surface area contributed by atoms with Crippen molar-refractivity contribution in [2.45, 2.75) is 19.4 Å². The van der Waals surface area contributed by atoms with E-state index < -0.39 is 0 Å². The van der Waals surface area contributed by atoms with E-state index in [4.69, 9.17) is 0 Å². The maximum atomic E-state index is 13.4. The van der Waals surface area contributed by atoms with Gasteiger partial charge in [0.25, 0.3) is 0 Å². The van der Waals surface area contributed by atoms with Crippen LogP contribution in [-0.4, -0.2) is 6.54 Å². The van der Waals surface area contributed by atoms with Crippen molar-refractivity contribution in [3.63, 3.8) is 0 Å². The lowest BCUT2D eigenvalue weighted by molar-refractivity contribution is 0.470. The quantitative estimate of drug-likeness (QED) is 0.729. The van der Waals surface area contributed by atoms with Crippen LogP contribution < -0.4 is 5.32 Å². The highest BCUT2D eigenvalue weighted by molar-refractivity contribution is 5.23. The van der Waals surface area contributed by atoms with Crippen molar-refractivity contribution in [1.82, 2.24) is 5.32 Å². The minimum Gasteiger partial charge on any atom is -0.310 e. The average Bonchev–Trinajstić information content (AvgIpc) is 2.56. The summed E-state index contributed by atoms with van der Waals surface area (Å²) < 4.78 is 26.3. The van der Waals surface area contributed by atoms with E-state index in [9.17, 15) is 8.78 Å². The van der Waals surface area contributed by atoms with E-state index in [0.717, 1.165) is 19.0 Å². The Morgan fingerprint density at radius 2 is 2.14 bits per heavy atom. The molecule has 1 aromatic rings. The smallest absolute Gasteiger partial charge is 0.128 e. The van der Waals surface area contributed by atoms with Gasteiger partial charge in [0.2, 0.25) is 0 Å². The fraction of sp³-hybridized carbons (Fsp3) is 0.455. The first-order chi connectivity index (χ1) is 6.68. The van der Waals surface area contributed by atoms with Crippen molar-refractivity contribution in [1.29, 1.82) is 0 Å². The topological polar surface area (TPSA) is 12.0 Å². The molecule has 0 aliphatic carbocycles. The fourth-order valence-corrected chi connectivity index (χ4v) is 2.00. The van der Waals surface area contributed by atoms with Crippen LogP contribution in [0, 0.1) is 17.6 Å². The van der Waals surface area contributed by atoms with E-state index in [1.807, 2.05) is 0 Å². The zero-order valence-electron chi connectivity index (χ0n) is 8.06. The van der Waals surface area contributed by atoms with E-state index in [-0.39, 0.29) is 17.7 Å². The Bertz CT molecular complexity index is 338. The molecule has 2 rings (SSSR count). The van der Waals surface area contributed by atoms with Gasteiger partial charge in [-0.3, -0.25) is 0 Å². The third-order valence-electron chi connectivity index (χ3n) is 2.83. The number of benzene rings is 1. The molecule has 0 radical (unpaired) electrons. The van der Waals surface area contributed by atoms with Gasteiger partial charge in [0.15, 0.2) is 0 Å². The third kappa shape index (κ3) is 1.64. The molecule has 1 aliphatic rings. The average molecular weight is 197 g/mol. The minimum atomic E-state index is -0.373. The lowest BCUT2D eigenvalue weighted by Gasteiger charge is -2.16. The molecule has 1 saturated heterocycles. The van der Waals surface area contributed by atoms with Gasteiger partial charge in [-0.1, -0.05) is 6.92 Å². The molecule has 2 atom stereocenters. The van der Waals surface area contributed by atoms with Crippen LogP contribution in [0.2, 0.25) is 0 Å². The van der Waals surface area contributed by atoms with Crippen molar-refractivity contribution in [3.05, 3.63) is 35.4 Å². The molecular formula is C11H13F2N. The second kappa shape index (κ2) is 3.65. The minimum absolute atomic E-state index is 0.0364. The highest BCUT2D eigenvalue weighted by Crippen LogP contribution is 2.30. The maximum absolute atomic E-state index is 13.4. The lowest BCUT2D eigenvalue weighted by Crippen LogP contribution is -2.18. The Morgan fingerprint density at radius 3 is 2.79 bits per heavy atom. The monoisotopic (exact) mass is 197 g/mol. The van der Waals surface area contributed by atoms with E-state index >= 15 is 0 Å². The normalized spacial score (nSPS) is 26.8. The van der Waals surface area contributed by atoms with Gasteiger partial charge in [0.1, 0.15) is 11.6 Å². The molecule has 1 nitrogen and oxygen atoms in total. The van der Waals surface area contributed by atoms with E-state index in [2.05, 4.69) is 12.2 Å². The molecule has 0 amide bonds. The first-order valence-electron chi connectivity index (χ1n) is 4.87. The van der Waals surface area contributed by atoms with Crippen LogP contribution in [0.5, 0.6) is 0 Å². The summed E-state index contributed by atoms with van der Waals surface area (Å²) in [5.41, 5.74) is 0.454. The van der Waals surface area contributed by atoms with Crippen LogP contribution in [0.4, 0.5) is 8.78 Å². The molecule has 0 bridgehead atoms. The number of hydrogen-bond acceptors (Lipinski definition) is 1. The van der Waals surface area contributed by atoms with Gasteiger partial charge in [-0.2, -0.15) is 0 Å². The highest BCUT2D eigenvalue weighted by atomic mass is 19.1. The summed E-state index contributed by atoms with van der Waals surface area (Å²) in [4.78, 5) is 0. The second-order valence-electron chi connectivity index (χ2n) is 3.86.